The number of alkyl halides is 1. The van der Waals surface area contributed by atoms with Gasteiger partial charge in [0.2, 0.25) is 0 Å². The zero-order valence-corrected chi connectivity index (χ0v) is 14.4. The van der Waals surface area contributed by atoms with E-state index in [4.69, 9.17) is 11.6 Å². The minimum Gasteiger partial charge on any atom is -0.323 e. The van der Waals surface area contributed by atoms with Gasteiger partial charge >= 0.3 is 0 Å². The van der Waals surface area contributed by atoms with Gasteiger partial charge in [0.1, 0.15) is 5.52 Å². The molecule has 0 radical (unpaired) electrons. The Bertz CT molecular complexity index is 981. The van der Waals surface area contributed by atoms with Crippen LogP contribution in [0.3, 0.4) is 0 Å². The predicted octanol–water partition coefficient (Wildman–Crippen LogP) is 4.79. The van der Waals surface area contributed by atoms with Crippen LogP contribution in [0.4, 0.5) is 0 Å². The number of hydrogen-bond donors (Lipinski definition) is 0. The minimum absolute atomic E-state index is 0.608. The van der Waals surface area contributed by atoms with E-state index in [1.807, 2.05) is 42.7 Å². The third-order valence-corrected chi connectivity index (χ3v) is 4.48. The Kier molecular flexibility index (Phi) is 4.44. The smallest absolute Gasteiger partial charge is 0.159 e. The molecule has 0 spiro atoms. The third-order valence-electron chi connectivity index (χ3n) is 4.21. The monoisotopic (exact) mass is 348 g/mol. The number of halogens is 1. The quantitative estimate of drug-likeness (QED) is 0.487. The van der Waals surface area contributed by atoms with Crippen molar-refractivity contribution in [3.63, 3.8) is 0 Å². The molecule has 25 heavy (non-hydrogen) atoms. The first-order valence-corrected chi connectivity index (χ1v) is 8.78. The first-order valence-electron chi connectivity index (χ1n) is 8.25. The molecule has 0 saturated carbocycles. The van der Waals surface area contributed by atoms with Crippen molar-refractivity contribution < 1.29 is 0 Å². The van der Waals surface area contributed by atoms with Gasteiger partial charge in [-0.25, -0.2) is 4.98 Å². The summed E-state index contributed by atoms with van der Waals surface area (Å²) >= 11 is 5.97. The highest BCUT2D eigenvalue weighted by molar-refractivity contribution is 6.17. The lowest BCUT2D eigenvalue weighted by Gasteiger charge is -2.11. The fourth-order valence-corrected chi connectivity index (χ4v) is 3.30. The Morgan fingerprint density at radius 3 is 2.36 bits per heavy atom. The molecule has 5 heteroatoms. The summed E-state index contributed by atoms with van der Waals surface area (Å²) in [5.74, 6) is 0.608. The molecular formula is C20H17ClN4. The van der Waals surface area contributed by atoms with E-state index in [1.165, 1.54) is 0 Å². The van der Waals surface area contributed by atoms with E-state index in [-0.39, 0.29) is 0 Å². The van der Waals surface area contributed by atoms with E-state index in [2.05, 4.69) is 31.7 Å². The zero-order valence-electron chi connectivity index (χ0n) is 13.6. The Morgan fingerprint density at radius 2 is 1.60 bits per heavy atom. The van der Waals surface area contributed by atoms with E-state index >= 15 is 0 Å². The minimum atomic E-state index is 0.608. The van der Waals surface area contributed by atoms with Crippen LogP contribution in [0.15, 0.2) is 67.3 Å². The molecule has 0 unspecified atom stereocenters. The molecule has 3 heterocycles. The number of hydrogen-bond acceptors (Lipinski definition) is 3. The van der Waals surface area contributed by atoms with E-state index in [0.717, 1.165) is 46.5 Å². The second-order valence-electron chi connectivity index (χ2n) is 5.75. The third kappa shape index (κ3) is 2.89. The second-order valence-corrected chi connectivity index (χ2v) is 6.13. The molecule has 3 aromatic heterocycles. The van der Waals surface area contributed by atoms with Gasteiger partial charge in [0.05, 0.1) is 5.69 Å². The SMILES string of the molecule is ClCCCn1c(-c2ccncc2)c(-c2ccccc2)c2nccnc21. The summed E-state index contributed by atoms with van der Waals surface area (Å²) in [6.45, 7) is 0.795. The van der Waals surface area contributed by atoms with Crippen molar-refractivity contribution in [1.29, 1.82) is 0 Å². The molecule has 124 valence electrons. The summed E-state index contributed by atoms with van der Waals surface area (Å²) in [6.07, 6.45) is 7.99. The molecule has 0 atom stereocenters. The van der Waals surface area contributed by atoms with Gasteiger partial charge in [-0.15, -0.1) is 11.6 Å². The Labute approximate surface area is 151 Å². The van der Waals surface area contributed by atoms with Gasteiger partial charge in [-0.2, -0.15) is 0 Å². The molecule has 0 N–H and O–H groups in total. The maximum absolute atomic E-state index is 5.97. The van der Waals surface area contributed by atoms with Crippen molar-refractivity contribution in [2.75, 3.05) is 5.88 Å². The van der Waals surface area contributed by atoms with Crippen LogP contribution in [0.25, 0.3) is 33.5 Å². The lowest BCUT2D eigenvalue weighted by atomic mass is 10.0. The van der Waals surface area contributed by atoms with Crippen LogP contribution in [-0.2, 0) is 6.54 Å². The molecule has 0 bridgehead atoms. The summed E-state index contributed by atoms with van der Waals surface area (Å²) in [5.41, 5.74) is 6.24. The number of aryl methyl sites for hydroxylation is 1. The van der Waals surface area contributed by atoms with Crippen LogP contribution in [0.2, 0.25) is 0 Å². The van der Waals surface area contributed by atoms with Gasteiger partial charge in [0.25, 0.3) is 0 Å². The van der Waals surface area contributed by atoms with Crippen LogP contribution in [0, 0.1) is 0 Å². The Hall–Kier alpha value is -2.72. The van der Waals surface area contributed by atoms with E-state index < -0.39 is 0 Å². The van der Waals surface area contributed by atoms with Crippen molar-refractivity contribution in [3.8, 4) is 22.4 Å². The van der Waals surface area contributed by atoms with Crippen molar-refractivity contribution in [2.45, 2.75) is 13.0 Å². The van der Waals surface area contributed by atoms with Crippen molar-refractivity contribution >= 4 is 22.8 Å². The van der Waals surface area contributed by atoms with Crippen LogP contribution in [0.5, 0.6) is 0 Å². The standard InChI is InChI=1S/C20H17ClN4/c21-9-4-14-25-19(16-7-10-22-11-8-16)17(15-5-2-1-3-6-15)18-20(25)24-13-12-23-18/h1-3,5-8,10-13H,4,9,14H2. The lowest BCUT2D eigenvalue weighted by molar-refractivity contribution is 0.707. The average Bonchev–Trinajstić information content (AvgIpc) is 3.02. The van der Waals surface area contributed by atoms with Crippen molar-refractivity contribution in [1.82, 2.24) is 19.5 Å². The molecule has 0 aliphatic rings. The van der Waals surface area contributed by atoms with Crippen molar-refractivity contribution in [2.24, 2.45) is 0 Å². The maximum Gasteiger partial charge on any atom is 0.159 e. The van der Waals surface area contributed by atoms with E-state index in [9.17, 15) is 0 Å². The maximum atomic E-state index is 5.97. The molecule has 0 aliphatic heterocycles. The predicted molar refractivity (Wildman–Crippen MR) is 102 cm³/mol. The fourth-order valence-electron chi connectivity index (χ4n) is 3.18. The number of nitrogens with zero attached hydrogens (tertiary/aromatic N) is 4. The van der Waals surface area contributed by atoms with Gasteiger partial charge in [-0.1, -0.05) is 30.3 Å². The molecule has 1 aromatic carbocycles. The molecule has 4 rings (SSSR count). The zero-order chi connectivity index (χ0) is 17.1. The summed E-state index contributed by atoms with van der Waals surface area (Å²) in [6, 6.07) is 14.4. The highest BCUT2D eigenvalue weighted by Gasteiger charge is 2.21. The molecule has 4 aromatic rings. The number of benzene rings is 1. The van der Waals surface area contributed by atoms with Crippen LogP contribution < -0.4 is 0 Å². The summed E-state index contributed by atoms with van der Waals surface area (Å²) in [5, 5.41) is 0. The van der Waals surface area contributed by atoms with Crippen LogP contribution in [-0.4, -0.2) is 25.4 Å². The highest BCUT2D eigenvalue weighted by atomic mass is 35.5. The topological polar surface area (TPSA) is 43.6 Å². The van der Waals surface area contributed by atoms with Gasteiger partial charge in [-0.05, 0) is 24.1 Å². The molecule has 0 aliphatic carbocycles. The van der Waals surface area contributed by atoms with Gasteiger partial charge in [0, 0.05) is 48.3 Å². The lowest BCUT2D eigenvalue weighted by Crippen LogP contribution is -2.02. The van der Waals surface area contributed by atoms with E-state index in [0.29, 0.717) is 5.88 Å². The summed E-state index contributed by atoms with van der Waals surface area (Å²) in [7, 11) is 0. The number of fused-ring (bicyclic) bond motifs is 1. The number of rotatable bonds is 5. The normalized spacial score (nSPS) is 11.1. The van der Waals surface area contributed by atoms with Gasteiger partial charge in [-0.3, -0.25) is 9.97 Å². The Morgan fingerprint density at radius 1 is 0.840 bits per heavy atom. The number of aromatic nitrogens is 4. The average molecular weight is 349 g/mol. The van der Waals surface area contributed by atoms with Crippen molar-refractivity contribution in [3.05, 3.63) is 67.3 Å². The Balaban J connectivity index is 2.08. The summed E-state index contributed by atoms with van der Waals surface area (Å²) < 4.78 is 2.22. The largest absolute Gasteiger partial charge is 0.323 e. The summed E-state index contributed by atoms with van der Waals surface area (Å²) in [4.78, 5) is 13.4. The molecule has 0 amide bonds. The van der Waals surface area contributed by atoms with Gasteiger partial charge < -0.3 is 4.57 Å². The highest BCUT2D eigenvalue weighted by Crippen LogP contribution is 2.39. The van der Waals surface area contributed by atoms with Crippen LogP contribution >= 0.6 is 11.6 Å². The first-order chi connectivity index (χ1) is 12.4. The number of pyridine rings is 1. The van der Waals surface area contributed by atoms with Crippen LogP contribution in [0.1, 0.15) is 6.42 Å². The first kappa shape index (κ1) is 15.8. The fraction of sp³-hybridized carbons (Fsp3) is 0.150. The molecule has 0 fully saturated rings. The second kappa shape index (κ2) is 7.03. The molecule has 0 saturated heterocycles. The van der Waals surface area contributed by atoms with E-state index in [1.54, 1.807) is 12.4 Å². The molecule has 4 nitrogen and oxygen atoms in total. The molecular weight excluding hydrogens is 332 g/mol. The van der Waals surface area contributed by atoms with Gasteiger partial charge in [0.15, 0.2) is 5.65 Å².